The summed E-state index contributed by atoms with van der Waals surface area (Å²) in [6, 6.07) is 19.5. The maximum Gasteiger partial charge on any atom is 0.255 e. The molecule has 4 aromatic heterocycles. The van der Waals surface area contributed by atoms with Crippen LogP contribution in [0.4, 0.5) is 0 Å². The minimum atomic E-state index is -0.0409. The van der Waals surface area contributed by atoms with Gasteiger partial charge in [-0.15, -0.1) is 0 Å². The molecule has 0 saturated heterocycles. The number of amides is 1. The van der Waals surface area contributed by atoms with Crippen molar-refractivity contribution in [1.29, 1.82) is 0 Å². The van der Waals surface area contributed by atoms with Crippen molar-refractivity contribution in [3.05, 3.63) is 102 Å². The minimum absolute atomic E-state index is 0.0409. The van der Waals surface area contributed by atoms with E-state index < -0.39 is 0 Å². The summed E-state index contributed by atoms with van der Waals surface area (Å²) in [6.45, 7) is 3.70. The normalized spacial score (nSPS) is 11.1. The fraction of sp³-hybridized carbons (Fsp3) is 0.185. The third kappa shape index (κ3) is 4.45. The van der Waals surface area contributed by atoms with E-state index in [1.165, 1.54) is 0 Å². The van der Waals surface area contributed by atoms with E-state index in [1.807, 2.05) is 65.6 Å². The van der Waals surface area contributed by atoms with Gasteiger partial charge < -0.3 is 9.32 Å². The van der Waals surface area contributed by atoms with Crippen LogP contribution >= 0.6 is 0 Å². The van der Waals surface area contributed by atoms with Gasteiger partial charge in [-0.2, -0.15) is 5.10 Å². The number of benzene rings is 1. The van der Waals surface area contributed by atoms with Crippen molar-refractivity contribution in [2.75, 3.05) is 6.54 Å². The number of aromatic nitrogens is 4. The van der Waals surface area contributed by atoms with Gasteiger partial charge in [-0.25, -0.2) is 9.67 Å². The highest BCUT2D eigenvalue weighted by Crippen LogP contribution is 2.26. The summed E-state index contributed by atoms with van der Waals surface area (Å²) < 4.78 is 7.28. The smallest absolute Gasteiger partial charge is 0.255 e. The Bertz CT molecular complexity index is 1380. The van der Waals surface area contributed by atoms with E-state index >= 15 is 0 Å². The molecule has 0 unspecified atom stereocenters. The van der Waals surface area contributed by atoms with Gasteiger partial charge in [-0.05, 0) is 42.3 Å². The number of hydrogen-bond donors (Lipinski definition) is 0. The number of hydrogen-bond acceptors (Lipinski definition) is 5. The summed E-state index contributed by atoms with van der Waals surface area (Å²) >= 11 is 0. The van der Waals surface area contributed by atoms with Crippen LogP contribution in [0.1, 0.15) is 35.0 Å². The molecule has 5 rings (SSSR count). The zero-order valence-corrected chi connectivity index (χ0v) is 19.0. The zero-order valence-electron chi connectivity index (χ0n) is 19.0. The fourth-order valence-electron chi connectivity index (χ4n) is 4.05. The molecular weight excluding hydrogens is 426 g/mol. The second kappa shape index (κ2) is 9.70. The summed E-state index contributed by atoms with van der Waals surface area (Å²) in [5.74, 6) is 0.726. The predicted molar refractivity (Wildman–Crippen MR) is 130 cm³/mol. The number of carbonyl (C=O) groups is 1. The van der Waals surface area contributed by atoms with Gasteiger partial charge >= 0.3 is 0 Å². The monoisotopic (exact) mass is 451 g/mol. The number of furan rings is 1. The summed E-state index contributed by atoms with van der Waals surface area (Å²) in [7, 11) is 0. The Hall–Kier alpha value is -4.26. The topological polar surface area (TPSA) is 77.1 Å². The van der Waals surface area contributed by atoms with Crippen LogP contribution in [0.3, 0.4) is 0 Å². The highest BCUT2D eigenvalue weighted by molar-refractivity contribution is 6.06. The van der Waals surface area contributed by atoms with Crippen LogP contribution in [0.2, 0.25) is 0 Å². The molecule has 0 N–H and O–H groups in total. The molecule has 0 radical (unpaired) electrons. The van der Waals surface area contributed by atoms with Crippen LogP contribution in [0, 0.1) is 0 Å². The SMILES string of the molecule is CCCN(Cc1ccccc1)C(=O)c1cc(-c2cccnc2)nc2c1cnn2Cc1ccco1. The Morgan fingerprint density at radius 1 is 1.06 bits per heavy atom. The molecule has 1 amide bonds. The van der Waals surface area contributed by atoms with E-state index in [4.69, 9.17) is 9.40 Å². The molecule has 0 aliphatic heterocycles. The first kappa shape index (κ1) is 21.6. The van der Waals surface area contributed by atoms with Crippen LogP contribution in [-0.4, -0.2) is 37.1 Å². The minimum Gasteiger partial charge on any atom is -0.467 e. The maximum atomic E-state index is 13.9. The number of nitrogens with zero attached hydrogens (tertiary/aromatic N) is 5. The summed E-state index contributed by atoms with van der Waals surface area (Å²) in [5.41, 5.74) is 3.84. The average Bonchev–Trinajstić information content (AvgIpc) is 3.54. The zero-order chi connectivity index (χ0) is 23.3. The number of carbonyl (C=O) groups excluding carboxylic acids is 1. The molecular formula is C27H25N5O2. The molecule has 0 aliphatic rings. The van der Waals surface area contributed by atoms with E-state index in [2.05, 4.69) is 17.0 Å². The number of rotatable bonds is 8. The Balaban J connectivity index is 1.60. The van der Waals surface area contributed by atoms with Gasteiger partial charge in [0, 0.05) is 31.0 Å². The molecule has 34 heavy (non-hydrogen) atoms. The van der Waals surface area contributed by atoms with Crippen LogP contribution in [0.5, 0.6) is 0 Å². The largest absolute Gasteiger partial charge is 0.467 e. The molecule has 5 aromatic rings. The average molecular weight is 452 g/mol. The van der Waals surface area contributed by atoms with Gasteiger partial charge in [0.1, 0.15) is 12.3 Å². The maximum absolute atomic E-state index is 13.9. The Morgan fingerprint density at radius 3 is 2.68 bits per heavy atom. The highest BCUT2D eigenvalue weighted by Gasteiger charge is 2.22. The Kier molecular flexibility index (Phi) is 6.16. The summed E-state index contributed by atoms with van der Waals surface area (Å²) in [6.07, 6.45) is 7.69. The number of pyridine rings is 2. The van der Waals surface area contributed by atoms with Crippen molar-refractivity contribution in [2.45, 2.75) is 26.4 Å². The summed E-state index contributed by atoms with van der Waals surface area (Å²) in [5, 5.41) is 5.27. The van der Waals surface area contributed by atoms with E-state index in [-0.39, 0.29) is 5.91 Å². The van der Waals surface area contributed by atoms with Crippen molar-refractivity contribution >= 4 is 16.9 Å². The third-order valence-electron chi connectivity index (χ3n) is 5.68. The third-order valence-corrected chi connectivity index (χ3v) is 5.68. The van der Waals surface area contributed by atoms with Crippen LogP contribution in [0.25, 0.3) is 22.3 Å². The first-order valence-electron chi connectivity index (χ1n) is 11.4. The van der Waals surface area contributed by atoms with Crippen molar-refractivity contribution in [1.82, 2.24) is 24.6 Å². The van der Waals surface area contributed by atoms with E-state index in [1.54, 1.807) is 29.5 Å². The van der Waals surface area contributed by atoms with E-state index in [9.17, 15) is 4.79 Å². The second-order valence-corrected chi connectivity index (χ2v) is 8.13. The van der Waals surface area contributed by atoms with Gasteiger partial charge in [-0.3, -0.25) is 9.78 Å². The van der Waals surface area contributed by atoms with Crippen molar-refractivity contribution < 1.29 is 9.21 Å². The van der Waals surface area contributed by atoms with Crippen molar-refractivity contribution in [2.24, 2.45) is 0 Å². The molecule has 0 spiro atoms. The molecule has 1 aromatic carbocycles. The van der Waals surface area contributed by atoms with Gasteiger partial charge in [0.2, 0.25) is 0 Å². The summed E-state index contributed by atoms with van der Waals surface area (Å²) in [4.78, 5) is 24.9. The van der Waals surface area contributed by atoms with Crippen LogP contribution < -0.4 is 0 Å². The standard InChI is InChI=1S/C27H25N5O2/c1-2-13-31(18-20-8-4-3-5-9-20)27(33)23-15-25(21-10-6-12-28-16-21)30-26-24(23)17-29-32(26)19-22-11-7-14-34-22/h3-12,14-17H,2,13,18-19H2,1H3. The van der Waals surface area contributed by atoms with Crippen LogP contribution in [-0.2, 0) is 13.1 Å². The molecule has 0 bridgehead atoms. The molecule has 0 saturated carbocycles. The molecule has 0 fully saturated rings. The molecule has 0 atom stereocenters. The molecule has 7 nitrogen and oxygen atoms in total. The molecule has 0 aliphatic carbocycles. The Labute approximate surface area is 197 Å². The quantitative estimate of drug-likeness (QED) is 0.325. The van der Waals surface area contributed by atoms with Crippen molar-refractivity contribution in [3.63, 3.8) is 0 Å². The van der Waals surface area contributed by atoms with E-state index in [0.717, 1.165) is 28.7 Å². The Morgan fingerprint density at radius 2 is 1.94 bits per heavy atom. The second-order valence-electron chi connectivity index (χ2n) is 8.13. The van der Waals surface area contributed by atoms with Gasteiger partial charge in [0.15, 0.2) is 5.65 Å². The lowest BCUT2D eigenvalue weighted by Gasteiger charge is -2.23. The van der Waals surface area contributed by atoms with Crippen molar-refractivity contribution in [3.8, 4) is 11.3 Å². The highest BCUT2D eigenvalue weighted by atomic mass is 16.3. The molecule has 4 heterocycles. The van der Waals surface area contributed by atoms with Gasteiger partial charge in [0.25, 0.3) is 5.91 Å². The molecule has 7 heteroatoms. The molecule has 170 valence electrons. The first-order chi connectivity index (χ1) is 16.7. The lowest BCUT2D eigenvalue weighted by Crippen LogP contribution is -2.31. The van der Waals surface area contributed by atoms with Gasteiger partial charge in [0.05, 0.1) is 29.1 Å². The number of fused-ring (bicyclic) bond motifs is 1. The lowest BCUT2D eigenvalue weighted by atomic mass is 10.1. The van der Waals surface area contributed by atoms with E-state index in [0.29, 0.717) is 36.5 Å². The lowest BCUT2D eigenvalue weighted by molar-refractivity contribution is 0.0745. The predicted octanol–water partition coefficient (Wildman–Crippen LogP) is 5.19. The first-order valence-corrected chi connectivity index (χ1v) is 11.4. The van der Waals surface area contributed by atoms with Gasteiger partial charge in [-0.1, -0.05) is 37.3 Å². The fourth-order valence-corrected chi connectivity index (χ4v) is 4.05. The van der Waals surface area contributed by atoms with Crippen LogP contribution in [0.15, 0.2) is 89.9 Å².